The Morgan fingerprint density at radius 2 is 2.07 bits per heavy atom. The molecule has 1 aromatic rings. The second-order valence-electron chi connectivity index (χ2n) is 2.97. The van der Waals surface area contributed by atoms with E-state index in [9.17, 15) is 5.11 Å². The number of hydrogen-bond acceptors (Lipinski definition) is 2. The van der Waals surface area contributed by atoms with Crippen molar-refractivity contribution in [1.82, 2.24) is 0 Å². The molecule has 0 fully saturated rings. The Kier molecular flexibility index (Phi) is 4.16. The summed E-state index contributed by atoms with van der Waals surface area (Å²) in [7, 11) is 0. The first-order valence-electron chi connectivity index (χ1n) is 4.00. The van der Waals surface area contributed by atoms with E-state index in [0.29, 0.717) is 10.0 Å². The summed E-state index contributed by atoms with van der Waals surface area (Å²) in [4.78, 5) is 0. The van der Waals surface area contributed by atoms with Gasteiger partial charge in [-0.15, -0.1) is 0 Å². The highest BCUT2D eigenvalue weighted by atomic mass is 79.9. The fraction of sp³-hybridized carbons (Fsp3) is 0.200. The normalized spacial score (nSPS) is 11.9. The highest BCUT2D eigenvalue weighted by Crippen LogP contribution is 2.32. The van der Waals surface area contributed by atoms with E-state index in [1.165, 1.54) is 0 Å². The van der Waals surface area contributed by atoms with Gasteiger partial charge in [-0.2, -0.15) is 0 Å². The molecule has 0 bridgehead atoms. The predicted molar refractivity (Wildman–Crippen MR) is 64.2 cm³/mol. The summed E-state index contributed by atoms with van der Waals surface area (Å²) in [5.74, 6) is 0.181. The monoisotopic (exact) mass is 320 g/mol. The van der Waals surface area contributed by atoms with E-state index in [2.05, 4.69) is 31.9 Å². The van der Waals surface area contributed by atoms with Gasteiger partial charge in [0, 0.05) is 10.0 Å². The lowest BCUT2D eigenvalue weighted by Crippen LogP contribution is -1.85. The number of rotatable bonds is 2. The molecular weight excluding hydrogens is 312 g/mol. The van der Waals surface area contributed by atoms with Crippen LogP contribution in [0.3, 0.4) is 0 Å². The average molecular weight is 322 g/mol. The third-order valence-corrected chi connectivity index (χ3v) is 2.77. The summed E-state index contributed by atoms with van der Waals surface area (Å²) in [5, 5.41) is 18.5. The van der Waals surface area contributed by atoms with Gasteiger partial charge in [0.1, 0.15) is 5.75 Å². The maximum atomic E-state index is 9.67. The van der Waals surface area contributed by atoms with Crippen LogP contribution in [0, 0.1) is 0 Å². The highest BCUT2D eigenvalue weighted by Gasteiger charge is 2.05. The molecule has 0 aliphatic heterocycles. The minimum atomic E-state index is -0.0103. The van der Waals surface area contributed by atoms with E-state index in [0.717, 1.165) is 10.0 Å². The quantitative estimate of drug-likeness (QED) is 0.877. The molecule has 0 atom stereocenters. The molecule has 0 radical (unpaired) electrons. The largest absolute Gasteiger partial charge is 0.506 e. The number of aliphatic hydroxyl groups excluding tert-OH is 1. The van der Waals surface area contributed by atoms with Crippen molar-refractivity contribution in [3.05, 3.63) is 32.2 Å². The van der Waals surface area contributed by atoms with Gasteiger partial charge < -0.3 is 10.2 Å². The third kappa shape index (κ3) is 2.83. The molecule has 1 rings (SSSR count). The molecule has 1 aromatic carbocycles. The summed E-state index contributed by atoms with van der Waals surface area (Å²) >= 11 is 6.56. The van der Waals surface area contributed by atoms with Gasteiger partial charge >= 0.3 is 0 Å². The standard InChI is InChI=1S/C10H10Br2O2/c1-6(5-13)2-7-3-8(11)4-9(12)10(7)14/h2-4,13-14H,5H2,1H3/b6-2+. The van der Waals surface area contributed by atoms with Crippen LogP contribution in [0.1, 0.15) is 12.5 Å². The maximum absolute atomic E-state index is 9.67. The van der Waals surface area contributed by atoms with Crippen molar-refractivity contribution in [3.8, 4) is 5.75 Å². The first-order valence-corrected chi connectivity index (χ1v) is 5.59. The van der Waals surface area contributed by atoms with Crippen molar-refractivity contribution >= 4 is 37.9 Å². The summed E-state index contributed by atoms with van der Waals surface area (Å²) in [6.45, 7) is 1.79. The van der Waals surface area contributed by atoms with Crippen LogP contribution >= 0.6 is 31.9 Å². The third-order valence-electron chi connectivity index (χ3n) is 1.71. The van der Waals surface area contributed by atoms with Crippen LogP contribution in [0.5, 0.6) is 5.75 Å². The molecule has 0 aromatic heterocycles. The van der Waals surface area contributed by atoms with Gasteiger partial charge in [0.15, 0.2) is 0 Å². The second-order valence-corrected chi connectivity index (χ2v) is 4.74. The number of aromatic hydroxyl groups is 1. The van der Waals surface area contributed by atoms with Crippen LogP contribution in [0.25, 0.3) is 6.08 Å². The molecule has 0 spiro atoms. The number of aliphatic hydroxyl groups is 1. The Bertz CT molecular complexity index is 373. The van der Waals surface area contributed by atoms with Gasteiger partial charge in [0.2, 0.25) is 0 Å². The molecule has 0 unspecified atom stereocenters. The van der Waals surface area contributed by atoms with Crippen molar-refractivity contribution in [1.29, 1.82) is 0 Å². The van der Waals surface area contributed by atoms with Crippen molar-refractivity contribution < 1.29 is 10.2 Å². The SMILES string of the molecule is C/C(=C\c1cc(Br)cc(Br)c1O)CO. The van der Waals surface area contributed by atoms with Crippen molar-refractivity contribution in [3.63, 3.8) is 0 Å². The van der Waals surface area contributed by atoms with Crippen molar-refractivity contribution in [2.45, 2.75) is 6.92 Å². The van der Waals surface area contributed by atoms with Crippen LogP contribution in [-0.4, -0.2) is 16.8 Å². The van der Waals surface area contributed by atoms with Gasteiger partial charge in [-0.25, -0.2) is 0 Å². The summed E-state index contributed by atoms with van der Waals surface area (Å²) in [5.41, 5.74) is 1.48. The number of hydrogen-bond donors (Lipinski definition) is 2. The zero-order valence-corrected chi connectivity index (χ0v) is 10.8. The lowest BCUT2D eigenvalue weighted by Gasteiger charge is -2.04. The fourth-order valence-corrected chi connectivity index (χ4v) is 2.27. The Morgan fingerprint density at radius 1 is 1.43 bits per heavy atom. The molecule has 0 aliphatic rings. The first-order chi connectivity index (χ1) is 6.54. The van der Waals surface area contributed by atoms with E-state index in [-0.39, 0.29) is 12.4 Å². The lowest BCUT2D eigenvalue weighted by atomic mass is 10.1. The van der Waals surface area contributed by atoms with Gasteiger partial charge in [-0.1, -0.05) is 15.9 Å². The number of benzene rings is 1. The lowest BCUT2D eigenvalue weighted by molar-refractivity contribution is 0.332. The molecule has 0 heterocycles. The molecule has 0 saturated heterocycles. The number of halogens is 2. The van der Waals surface area contributed by atoms with Crippen molar-refractivity contribution in [2.75, 3.05) is 6.61 Å². The summed E-state index contributed by atoms with van der Waals surface area (Å²) in [6, 6.07) is 3.56. The molecule has 2 nitrogen and oxygen atoms in total. The minimum Gasteiger partial charge on any atom is -0.506 e. The molecular formula is C10H10Br2O2. The molecule has 0 amide bonds. The second kappa shape index (κ2) is 4.96. The molecule has 2 N–H and O–H groups in total. The Balaban J connectivity index is 3.21. The van der Waals surface area contributed by atoms with Crippen LogP contribution in [0.15, 0.2) is 26.7 Å². The molecule has 76 valence electrons. The Labute approximate surface area is 99.5 Å². The summed E-state index contributed by atoms with van der Waals surface area (Å²) < 4.78 is 1.50. The van der Waals surface area contributed by atoms with Gasteiger partial charge in [-0.05, 0) is 46.6 Å². The molecule has 0 saturated carbocycles. The Hall–Kier alpha value is -0.320. The van der Waals surface area contributed by atoms with Crippen LogP contribution < -0.4 is 0 Å². The smallest absolute Gasteiger partial charge is 0.137 e. The van der Waals surface area contributed by atoms with Gasteiger partial charge in [0.05, 0.1) is 11.1 Å². The molecule has 4 heteroatoms. The van der Waals surface area contributed by atoms with E-state index >= 15 is 0 Å². The van der Waals surface area contributed by atoms with Gasteiger partial charge in [0.25, 0.3) is 0 Å². The topological polar surface area (TPSA) is 40.5 Å². The Morgan fingerprint density at radius 3 is 2.64 bits per heavy atom. The van der Waals surface area contributed by atoms with E-state index in [4.69, 9.17) is 5.11 Å². The molecule has 0 aliphatic carbocycles. The fourth-order valence-electron chi connectivity index (χ4n) is 1.01. The van der Waals surface area contributed by atoms with Crippen molar-refractivity contribution in [2.24, 2.45) is 0 Å². The molecule has 14 heavy (non-hydrogen) atoms. The highest BCUT2D eigenvalue weighted by molar-refractivity contribution is 9.11. The van der Waals surface area contributed by atoms with Crippen LogP contribution in [0.4, 0.5) is 0 Å². The van der Waals surface area contributed by atoms with Crippen LogP contribution in [-0.2, 0) is 0 Å². The maximum Gasteiger partial charge on any atom is 0.137 e. The first kappa shape index (κ1) is 11.8. The predicted octanol–water partition coefficient (Wildman–Crippen LogP) is 3.31. The number of phenolic OH excluding ortho intramolecular Hbond substituents is 1. The van der Waals surface area contributed by atoms with E-state index < -0.39 is 0 Å². The summed E-state index contributed by atoms with van der Waals surface area (Å²) in [6.07, 6.45) is 1.74. The van der Waals surface area contributed by atoms with E-state index in [1.54, 1.807) is 25.1 Å². The van der Waals surface area contributed by atoms with Gasteiger partial charge in [-0.3, -0.25) is 0 Å². The average Bonchev–Trinajstić information content (AvgIpc) is 2.13. The number of phenols is 1. The zero-order valence-electron chi connectivity index (χ0n) is 7.59. The minimum absolute atomic E-state index is 0.0103. The zero-order chi connectivity index (χ0) is 10.7. The van der Waals surface area contributed by atoms with E-state index in [1.807, 2.05) is 0 Å². The van der Waals surface area contributed by atoms with Crippen LogP contribution in [0.2, 0.25) is 0 Å².